The van der Waals surface area contributed by atoms with Gasteiger partial charge in [-0.3, -0.25) is 4.79 Å². The smallest absolute Gasteiger partial charge is 0.234 e. The number of thiazole rings is 1. The number of amides is 1. The molecule has 4 nitrogen and oxygen atoms in total. The molecule has 0 saturated heterocycles. The van der Waals surface area contributed by atoms with Gasteiger partial charge in [0, 0.05) is 4.88 Å². The first-order valence-electron chi connectivity index (χ1n) is 4.82. The molecule has 100 valence electrons. The molecule has 3 N–H and O–H groups in total. The number of hydrogen-bond donors (Lipinski definition) is 2. The molecule has 17 heavy (non-hydrogen) atoms. The fourth-order valence-electron chi connectivity index (χ4n) is 1.19. The fourth-order valence-corrected chi connectivity index (χ4v) is 2.17. The number of nitrogens with zero attached hydrogens (tertiary/aromatic N) is 1. The molecule has 0 aliphatic heterocycles. The first-order valence-corrected chi connectivity index (χ1v) is 5.64. The molecule has 1 aromatic rings. The van der Waals surface area contributed by atoms with Gasteiger partial charge in [0.25, 0.3) is 0 Å². The summed E-state index contributed by atoms with van der Waals surface area (Å²) in [7, 11) is 0. The van der Waals surface area contributed by atoms with E-state index in [0.29, 0.717) is 0 Å². The summed E-state index contributed by atoms with van der Waals surface area (Å²) in [6.07, 6.45) is 0. The van der Waals surface area contributed by atoms with E-state index in [4.69, 9.17) is 5.73 Å². The summed E-state index contributed by atoms with van der Waals surface area (Å²) in [5, 5.41) is 3.76. The summed E-state index contributed by atoms with van der Waals surface area (Å²) >= 11 is 1.61. The van der Waals surface area contributed by atoms with Crippen LogP contribution in [0.1, 0.15) is 29.4 Å². The monoisotopic (exact) mass is 299 g/mol. The van der Waals surface area contributed by atoms with Crippen molar-refractivity contribution in [2.75, 3.05) is 6.54 Å². The minimum atomic E-state index is -0.444. The second-order valence-electron chi connectivity index (χ2n) is 4.04. The lowest BCUT2D eigenvalue weighted by Crippen LogP contribution is -2.43. The number of aryl methyl sites for hydroxylation is 2. The summed E-state index contributed by atoms with van der Waals surface area (Å²) in [5.74, 6) is -0.162. The molecule has 0 saturated carbocycles. The Morgan fingerprint density at radius 2 is 1.94 bits per heavy atom. The zero-order valence-electron chi connectivity index (χ0n) is 10.4. The zero-order chi connectivity index (χ0) is 11.6. The average Bonchev–Trinajstić information content (AvgIpc) is 2.47. The number of hydrogen-bond acceptors (Lipinski definition) is 4. The third-order valence-corrected chi connectivity index (χ3v) is 3.60. The molecular weight excluding hydrogens is 281 g/mol. The van der Waals surface area contributed by atoms with Gasteiger partial charge in [0.1, 0.15) is 5.01 Å². The van der Waals surface area contributed by atoms with Crippen molar-refractivity contribution in [1.29, 1.82) is 0 Å². The third-order valence-electron chi connectivity index (χ3n) is 2.20. The van der Waals surface area contributed by atoms with Gasteiger partial charge in [-0.05, 0) is 27.7 Å². The van der Waals surface area contributed by atoms with Crippen molar-refractivity contribution in [2.24, 2.45) is 5.73 Å². The van der Waals surface area contributed by atoms with Gasteiger partial charge in [0.05, 0.1) is 17.8 Å². The van der Waals surface area contributed by atoms with Crippen molar-refractivity contribution in [3.05, 3.63) is 15.6 Å². The number of nitrogens with two attached hydrogens (primary N) is 1. The quantitative estimate of drug-likeness (QED) is 0.896. The molecule has 1 aromatic heterocycles. The van der Waals surface area contributed by atoms with Crippen LogP contribution >= 0.6 is 36.2 Å². The Labute approximate surface area is 118 Å². The molecule has 1 amide bonds. The number of rotatable bonds is 3. The van der Waals surface area contributed by atoms with Gasteiger partial charge in [-0.15, -0.1) is 36.2 Å². The lowest BCUT2D eigenvalue weighted by molar-refractivity contribution is -0.121. The van der Waals surface area contributed by atoms with E-state index < -0.39 is 5.54 Å². The number of nitrogens with one attached hydrogen (secondary N) is 1. The van der Waals surface area contributed by atoms with Crippen LogP contribution in [0.5, 0.6) is 0 Å². The lowest BCUT2D eigenvalue weighted by atomic mass is 10.1. The Kier molecular flexibility index (Phi) is 8.00. The van der Waals surface area contributed by atoms with Crippen molar-refractivity contribution >= 4 is 42.1 Å². The zero-order valence-corrected chi connectivity index (χ0v) is 12.8. The fraction of sp³-hybridized carbons (Fsp3) is 0.600. The van der Waals surface area contributed by atoms with E-state index in [1.807, 2.05) is 27.7 Å². The number of carbonyl (C=O) groups is 1. The predicted molar refractivity (Wildman–Crippen MR) is 76.3 cm³/mol. The van der Waals surface area contributed by atoms with Gasteiger partial charge >= 0.3 is 0 Å². The third kappa shape index (κ3) is 4.79. The minimum absolute atomic E-state index is 0. The van der Waals surface area contributed by atoms with E-state index in [9.17, 15) is 4.79 Å². The van der Waals surface area contributed by atoms with E-state index in [1.54, 1.807) is 11.3 Å². The summed E-state index contributed by atoms with van der Waals surface area (Å²) in [6, 6.07) is 0. The van der Waals surface area contributed by atoms with E-state index in [2.05, 4.69) is 10.3 Å². The maximum absolute atomic E-state index is 11.2. The Bertz CT molecular complexity index is 360. The molecule has 1 heterocycles. The summed E-state index contributed by atoms with van der Waals surface area (Å²) in [6.45, 7) is 7.86. The van der Waals surface area contributed by atoms with Crippen LogP contribution in [-0.2, 0) is 10.3 Å². The molecule has 7 heteroatoms. The van der Waals surface area contributed by atoms with E-state index in [0.717, 1.165) is 10.7 Å². The van der Waals surface area contributed by atoms with Gasteiger partial charge < -0.3 is 11.1 Å². The van der Waals surface area contributed by atoms with E-state index in [1.165, 1.54) is 4.88 Å². The van der Waals surface area contributed by atoms with Crippen LogP contribution in [0.4, 0.5) is 0 Å². The van der Waals surface area contributed by atoms with Crippen LogP contribution in [-0.4, -0.2) is 17.4 Å². The highest BCUT2D eigenvalue weighted by molar-refractivity contribution is 7.11. The molecular formula is C10H19Cl2N3OS. The first-order chi connectivity index (χ1) is 6.86. The Balaban J connectivity index is 0. The van der Waals surface area contributed by atoms with Crippen molar-refractivity contribution < 1.29 is 4.79 Å². The molecule has 0 aliphatic rings. The minimum Gasteiger partial charge on any atom is -0.344 e. The van der Waals surface area contributed by atoms with Crippen LogP contribution in [0.15, 0.2) is 0 Å². The molecule has 0 fully saturated rings. The van der Waals surface area contributed by atoms with Gasteiger partial charge in [-0.2, -0.15) is 0 Å². The number of carbonyl (C=O) groups excluding carboxylic acids is 1. The van der Waals surface area contributed by atoms with Crippen molar-refractivity contribution in [3.63, 3.8) is 0 Å². The molecule has 0 aromatic carbocycles. The van der Waals surface area contributed by atoms with Gasteiger partial charge in [0.2, 0.25) is 5.91 Å². The molecule has 0 bridgehead atoms. The first kappa shape index (κ1) is 19.0. The highest BCUT2D eigenvalue weighted by atomic mass is 35.5. The van der Waals surface area contributed by atoms with Crippen molar-refractivity contribution in [1.82, 2.24) is 10.3 Å². The number of aromatic nitrogens is 1. The molecule has 0 aliphatic carbocycles. The molecule has 1 rings (SSSR count). The van der Waals surface area contributed by atoms with Crippen molar-refractivity contribution in [2.45, 2.75) is 33.2 Å². The standard InChI is InChI=1S/C10H17N3OS.2ClH/c1-6-7(2)15-9(12-6)10(3,4)13-8(14)5-11;;/h5,11H2,1-4H3,(H,13,14);2*1H. The summed E-state index contributed by atoms with van der Waals surface area (Å²) < 4.78 is 0. The highest BCUT2D eigenvalue weighted by Gasteiger charge is 2.26. The van der Waals surface area contributed by atoms with Gasteiger partial charge in [-0.25, -0.2) is 4.98 Å². The van der Waals surface area contributed by atoms with Crippen LogP contribution in [0.3, 0.4) is 0 Å². The second kappa shape index (κ2) is 7.16. The summed E-state index contributed by atoms with van der Waals surface area (Å²) in [4.78, 5) is 16.8. The average molecular weight is 300 g/mol. The summed E-state index contributed by atoms with van der Waals surface area (Å²) in [5.41, 5.74) is 5.84. The van der Waals surface area contributed by atoms with E-state index >= 15 is 0 Å². The largest absolute Gasteiger partial charge is 0.344 e. The van der Waals surface area contributed by atoms with Crippen LogP contribution in [0, 0.1) is 13.8 Å². The maximum atomic E-state index is 11.2. The van der Waals surface area contributed by atoms with Gasteiger partial charge in [0.15, 0.2) is 0 Å². The molecule has 0 spiro atoms. The van der Waals surface area contributed by atoms with Crippen LogP contribution < -0.4 is 11.1 Å². The predicted octanol–water partition coefficient (Wildman–Crippen LogP) is 1.91. The Morgan fingerprint density at radius 1 is 1.41 bits per heavy atom. The Morgan fingerprint density at radius 3 is 2.29 bits per heavy atom. The van der Waals surface area contributed by atoms with Crippen LogP contribution in [0.25, 0.3) is 0 Å². The van der Waals surface area contributed by atoms with Gasteiger partial charge in [-0.1, -0.05) is 0 Å². The van der Waals surface area contributed by atoms with E-state index in [-0.39, 0.29) is 37.3 Å². The second-order valence-corrected chi connectivity index (χ2v) is 5.24. The topological polar surface area (TPSA) is 68.0 Å². The number of halogens is 2. The maximum Gasteiger partial charge on any atom is 0.234 e. The normalized spacial score (nSPS) is 10.2. The Hall–Kier alpha value is -0.360. The molecule has 0 unspecified atom stereocenters. The molecule has 0 radical (unpaired) electrons. The lowest BCUT2D eigenvalue weighted by Gasteiger charge is -2.23. The molecule has 0 atom stereocenters. The highest BCUT2D eigenvalue weighted by Crippen LogP contribution is 2.26. The van der Waals surface area contributed by atoms with Crippen molar-refractivity contribution in [3.8, 4) is 0 Å². The SMILES string of the molecule is Cc1nc(C(C)(C)NC(=O)CN)sc1C.Cl.Cl. The van der Waals surface area contributed by atoms with Crippen LogP contribution in [0.2, 0.25) is 0 Å².